The van der Waals surface area contributed by atoms with Crippen molar-refractivity contribution in [3.8, 4) is 0 Å². The van der Waals surface area contributed by atoms with Crippen LogP contribution in [0.1, 0.15) is 296 Å². The topological polar surface area (TPSA) is 224 Å². The fourth-order valence-corrected chi connectivity index (χ4v) is 22.7. The van der Waals surface area contributed by atoms with E-state index >= 15 is 0 Å². The van der Waals surface area contributed by atoms with E-state index in [1.807, 2.05) is 0 Å². The number of aromatic nitrogens is 6. The summed E-state index contributed by atoms with van der Waals surface area (Å²) in [6.45, 7) is 5.69. The Morgan fingerprint density at radius 1 is 0.489 bits per heavy atom. The number of primary amides is 1. The number of amides is 4. The van der Waals surface area contributed by atoms with Crippen LogP contribution in [0.2, 0.25) is 0 Å². The minimum Gasteiger partial charge on any atom is -0.481 e. The van der Waals surface area contributed by atoms with Crippen LogP contribution in [0.15, 0.2) is 0 Å². The number of carboxylic acids is 1. The fourth-order valence-electron chi connectivity index (χ4n) is 22.7. The summed E-state index contributed by atoms with van der Waals surface area (Å²) in [7, 11) is 0. The van der Waals surface area contributed by atoms with Crippen molar-refractivity contribution in [2.45, 2.75) is 287 Å². The molecule has 17 heteroatoms. The highest BCUT2D eigenvalue weighted by atomic mass is 16.4. The summed E-state index contributed by atoms with van der Waals surface area (Å²) in [6, 6.07) is 2.06. The number of nitrogens with two attached hydrogens (primary N) is 1. The number of rotatable bonds is 12. The van der Waals surface area contributed by atoms with E-state index in [0.29, 0.717) is 72.6 Å². The highest BCUT2D eigenvalue weighted by molar-refractivity contribution is 5.96. The summed E-state index contributed by atoms with van der Waals surface area (Å²) in [6.07, 6.45) is 43.9. The first kappa shape index (κ1) is 61.1. The zero-order chi connectivity index (χ0) is 61.4. The second-order valence-corrected chi connectivity index (χ2v) is 32.5. The van der Waals surface area contributed by atoms with E-state index in [-0.39, 0.29) is 47.0 Å². The van der Waals surface area contributed by atoms with Gasteiger partial charge in [0.05, 0.1) is 24.0 Å². The summed E-state index contributed by atoms with van der Waals surface area (Å²) < 4.78 is 6.59. The van der Waals surface area contributed by atoms with Crippen LogP contribution in [-0.4, -0.2) is 107 Å². The van der Waals surface area contributed by atoms with Gasteiger partial charge in [-0.3, -0.25) is 38.0 Å². The molecule has 4 unspecified atom stereocenters. The number of fused-ring (bicyclic) bond motifs is 6. The van der Waals surface area contributed by atoms with E-state index in [2.05, 4.69) is 41.8 Å². The molecule has 6 N–H and O–H groups in total. The lowest BCUT2D eigenvalue weighted by atomic mass is 9.48. The van der Waals surface area contributed by atoms with Crippen molar-refractivity contribution in [2.24, 2.45) is 70.3 Å². The lowest BCUT2D eigenvalue weighted by molar-refractivity contribution is -0.142. The van der Waals surface area contributed by atoms with Gasteiger partial charge < -0.3 is 31.7 Å². The van der Waals surface area contributed by atoms with E-state index in [1.54, 1.807) is 0 Å². The number of hydrogen-bond acceptors (Lipinski definition) is 9. The molecule has 0 radical (unpaired) electrons. The second-order valence-electron chi connectivity index (χ2n) is 32.5. The van der Waals surface area contributed by atoms with Crippen molar-refractivity contribution >= 4 is 29.6 Å². The molecule has 0 aromatic carbocycles. The van der Waals surface area contributed by atoms with Gasteiger partial charge in [-0.2, -0.15) is 15.3 Å². The minimum atomic E-state index is -0.747. The third-order valence-electron chi connectivity index (χ3n) is 26.8. The van der Waals surface area contributed by atoms with Crippen LogP contribution in [0.5, 0.6) is 0 Å². The lowest BCUT2D eigenvalue weighted by Crippen LogP contribution is -2.57. The highest BCUT2D eigenvalue weighted by Gasteiger charge is 2.54. The number of hydrogen-bond donors (Lipinski definition) is 5. The summed E-state index contributed by atoms with van der Waals surface area (Å²) in [5.41, 5.74) is 14.7. The average Bonchev–Trinajstić information content (AvgIpc) is 1.22. The number of aliphatic carboxylic acids is 1. The standard InChI is InChI=1S/C27H40N4O2.C25H35N3O3.C21H32N4O/c1-16(27-13-17-9-18(14-27)11-19(10-17)15-27)29-26(33)24-22-12-20(25(28)32)7-8-23(22)31(30-24)21-5-3-2-4-6-21;29-24(26-22-17-9-14-8-15(11-17)12-18(22)10-14)23-20-13-16(25(30)31)6-7-21(20)28(27-23)19-4-2-1-3-5-19;26-21(22-18-14-24-12-10-15(18)11-13-24)20-17-8-4-5-9-19(17)25(23-20)16-6-2-1-3-7-16/h16-21H,2-15H2,1H3,(H2,28,32)(H,29,33);14-19,22H,1-13H2,(H,26,29)(H,30,31);15-16,18H,1-14H2,(H,22,26). The average molecular weight is 1230 g/mol. The summed E-state index contributed by atoms with van der Waals surface area (Å²) in [4.78, 5) is 66.6. The maximum Gasteiger partial charge on any atom is 0.306 e. The molecule has 14 fully saturated rings. The van der Waals surface area contributed by atoms with Gasteiger partial charge in [-0.15, -0.1) is 0 Å². The number of carbonyl (C=O) groups excluding carboxylic acids is 4. The Balaban J connectivity index is 0.000000113. The third kappa shape index (κ3) is 12.1. The molecular formula is C73H107N11O6. The van der Waals surface area contributed by atoms with Crippen LogP contribution in [0.25, 0.3) is 0 Å². The molecule has 3 aliphatic heterocycles. The predicted octanol–water partition coefficient (Wildman–Crippen LogP) is 11.5. The lowest BCUT2D eigenvalue weighted by Gasteiger charge is -2.59. The second kappa shape index (κ2) is 25.7. The van der Waals surface area contributed by atoms with E-state index in [4.69, 9.17) is 21.0 Å². The SMILES string of the molecule is CC(NC(=O)c1nn(C2CCCCC2)c2c1CC(C(N)=O)CC2)C12CC3CC(CC(C3)C1)C2.O=C(NC1C2CC3CC(C2)CC1C3)c1nn(C2CCCCC2)c2c1CC(C(=O)O)CC2.O=C(NC1CN2CCC1CC2)c1nn(C2CCCCC2)c2c1CCCC2. The summed E-state index contributed by atoms with van der Waals surface area (Å²) in [5.74, 6) is 4.71. The fraction of sp³-hybridized carbons (Fsp3) is 0.808. The van der Waals surface area contributed by atoms with Crippen molar-refractivity contribution < 1.29 is 29.1 Å². The Bertz CT molecular complexity index is 3080. The van der Waals surface area contributed by atoms with Crippen LogP contribution in [0.4, 0.5) is 0 Å². The number of nitrogens with one attached hydrogen (secondary N) is 3. The number of piperidine rings is 3. The van der Waals surface area contributed by atoms with Crippen molar-refractivity contribution in [3.63, 3.8) is 0 Å². The number of nitrogens with zero attached hydrogens (tertiary/aromatic N) is 7. The van der Waals surface area contributed by atoms with Gasteiger partial charge in [0.2, 0.25) is 5.91 Å². The molecule has 17 nitrogen and oxygen atoms in total. The van der Waals surface area contributed by atoms with Crippen LogP contribution in [0, 0.1) is 64.6 Å². The molecule has 10 bridgehead atoms. The van der Waals surface area contributed by atoms with E-state index in [1.165, 1.54) is 197 Å². The maximum absolute atomic E-state index is 13.7. The summed E-state index contributed by atoms with van der Waals surface area (Å²) in [5, 5.41) is 34.7. The number of carboxylic acid groups (broad SMARTS) is 1. The summed E-state index contributed by atoms with van der Waals surface area (Å²) >= 11 is 0. The molecule has 4 amide bonds. The zero-order valence-corrected chi connectivity index (χ0v) is 54.4. The minimum absolute atomic E-state index is 0.0332. The first-order valence-corrected chi connectivity index (χ1v) is 37.3. The Hall–Kier alpha value is -5.06. The first-order valence-electron chi connectivity index (χ1n) is 37.3. The molecular weight excluding hydrogens is 1130 g/mol. The van der Waals surface area contributed by atoms with Crippen LogP contribution >= 0.6 is 0 Å². The highest BCUT2D eigenvalue weighted by Crippen LogP contribution is 2.61. The van der Waals surface area contributed by atoms with Crippen molar-refractivity contribution in [2.75, 3.05) is 19.6 Å². The van der Waals surface area contributed by atoms with Gasteiger partial charge in [-0.1, -0.05) is 57.8 Å². The largest absolute Gasteiger partial charge is 0.481 e. The van der Waals surface area contributed by atoms with Crippen LogP contribution < -0.4 is 21.7 Å². The van der Waals surface area contributed by atoms with E-state index in [0.717, 1.165) is 116 Å². The van der Waals surface area contributed by atoms with Gasteiger partial charge in [0.15, 0.2) is 17.1 Å². The van der Waals surface area contributed by atoms with Gasteiger partial charge in [-0.25, -0.2) is 0 Å². The maximum atomic E-state index is 13.7. The van der Waals surface area contributed by atoms with Crippen molar-refractivity contribution in [1.29, 1.82) is 0 Å². The molecule has 17 aliphatic rings. The van der Waals surface area contributed by atoms with E-state index < -0.39 is 11.9 Å². The number of carbonyl (C=O) groups is 5. The van der Waals surface area contributed by atoms with Crippen molar-refractivity contribution in [1.82, 2.24) is 50.2 Å². The third-order valence-corrected chi connectivity index (χ3v) is 26.8. The van der Waals surface area contributed by atoms with E-state index in [9.17, 15) is 29.1 Å². The van der Waals surface area contributed by atoms with Gasteiger partial charge >= 0.3 is 5.97 Å². The van der Waals surface area contributed by atoms with Crippen molar-refractivity contribution in [3.05, 3.63) is 50.9 Å². The molecule has 3 aromatic rings. The van der Waals surface area contributed by atoms with Crippen LogP contribution in [-0.2, 0) is 48.1 Å². The quantitative estimate of drug-likeness (QED) is 0.115. The molecule has 90 heavy (non-hydrogen) atoms. The zero-order valence-electron chi connectivity index (χ0n) is 54.4. The normalized spacial score (nSPS) is 35.2. The van der Waals surface area contributed by atoms with Gasteiger partial charge in [0.25, 0.3) is 17.7 Å². The van der Waals surface area contributed by atoms with Gasteiger partial charge in [0, 0.05) is 64.4 Å². The Morgan fingerprint density at radius 2 is 0.933 bits per heavy atom. The molecule has 6 heterocycles. The molecule has 490 valence electrons. The molecule has 20 rings (SSSR count). The Kier molecular flexibility index (Phi) is 17.4. The molecule has 0 spiro atoms. The molecule has 14 aliphatic carbocycles. The predicted molar refractivity (Wildman–Crippen MR) is 344 cm³/mol. The smallest absolute Gasteiger partial charge is 0.306 e. The Morgan fingerprint density at radius 3 is 1.42 bits per heavy atom. The first-order chi connectivity index (χ1) is 43.8. The monoisotopic (exact) mass is 1230 g/mol. The molecule has 11 saturated carbocycles. The molecule has 3 aromatic heterocycles. The van der Waals surface area contributed by atoms with Gasteiger partial charge in [0.1, 0.15) is 0 Å². The molecule has 3 saturated heterocycles. The van der Waals surface area contributed by atoms with Gasteiger partial charge in [-0.05, 0) is 259 Å². The Labute approximate surface area is 534 Å². The molecule has 4 atom stereocenters. The van der Waals surface area contributed by atoms with Crippen LogP contribution in [0.3, 0.4) is 0 Å².